The Morgan fingerprint density at radius 3 is 2.61 bits per heavy atom. The predicted molar refractivity (Wildman–Crippen MR) is 74.8 cm³/mol. The molecule has 102 valence electrons. The molecule has 2 atom stereocenters. The Kier molecular flexibility index (Phi) is 6.76. The molecule has 0 aliphatic heterocycles. The van der Waals surface area contributed by atoms with Gasteiger partial charge in [0.25, 0.3) is 0 Å². The summed E-state index contributed by atoms with van der Waals surface area (Å²) in [6.07, 6.45) is 2.14. The molecule has 0 saturated carbocycles. The molecule has 2 unspecified atom stereocenters. The third-order valence-corrected chi connectivity index (χ3v) is 3.22. The summed E-state index contributed by atoms with van der Waals surface area (Å²) >= 11 is 0. The fraction of sp³-hybridized carbons (Fsp3) is 0.600. The van der Waals surface area contributed by atoms with Crippen molar-refractivity contribution in [1.29, 1.82) is 0 Å². The molecule has 0 radical (unpaired) electrons. The zero-order valence-electron chi connectivity index (χ0n) is 11.7. The van der Waals surface area contributed by atoms with E-state index in [0.717, 1.165) is 24.2 Å². The Labute approximate surface area is 110 Å². The minimum Gasteiger partial charge on any atom is -0.491 e. The fourth-order valence-electron chi connectivity index (χ4n) is 1.88. The van der Waals surface area contributed by atoms with E-state index in [1.54, 1.807) is 7.11 Å². The molecule has 3 nitrogen and oxygen atoms in total. The summed E-state index contributed by atoms with van der Waals surface area (Å²) in [6.45, 7) is 5.57. The largest absolute Gasteiger partial charge is 0.491 e. The summed E-state index contributed by atoms with van der Waals surface area (Å²) in [5, 5.41) is 0. The Morgan fingerprint density at radius 1 is 1.22 bits per heavy atom. The number of methoxy groups -OCH3 is 1. The molecule has 0 heterocycles. The van der Waals surface area contributed by atoms with Gasteiger partial charge in [0.15, 0.2) is 0 Å². The molecule has 0 aromatic heterocycles. The van der Waals surface area contributed by atoms with Crippen molar-refractivity contribution in [3.05, 3.63) is 29.8 Å². The van der Waals surface area contributed by atoms with E-state index < -0.39 is 0 Å². The minimum absolute atomic E-state index is 0.0405. The average Bonchev–Trinajstić information content (AvgIpc) is 2.39. The van der Waals surface area contributed by atoms with Gasteiger partial charge in [0.2, 0.25) is 0 Å². The summed E-state index contributed by atoms with van der Waals surface area (Å²) < 4.78 is 10.7. The number of benzene rings is 1. The lowest BCUT2D eigenvalue weighted by Crippen LogP contribution is -2.16. The first-order chi connectivity index (χ1) is 8.69. The van der Waals surface area contributed by atoms with Crippen molar-refractivity contribution in [2.45, 2.75) is 32.7 Å². The first kappa shape index (κ1) is 15.0. The molecule has 0 aliphatic rings. The van der Waals surface area contributed by atoms with E-state index in [-0.39, 0.29) is 6.04 Å². The Morgan fingerprint density at radius 2 is 1.94 bits per heavy atom. The summed E-state index contributed by atoms with van der Waals surface area (Å²) in [5.41, 5.74) is 7.36. The molecule has 0 fully saturated rings. The second-order valence-electron chi connectivity index (χ2n) is 4.73. The van der Waals surface area contributed by atoms with Crippen LogP contribution in [0.3, 0.4) is 0 Å². The Bertz CT molecular complexity index is 341. The minimum atomic E-state index is 0.0405. The lowest BCUT2D eigenvalue weighted by Gasteiger charge is -2.19. The number of para-hydroxylation sites is 1. The monoisotopic (exact) mass is 251 g/mol. The van der Waals surface area contributed by atoms with Crippen LogP contribution < -0.4 is 10.5 Å². The van der Waals surface area contributed by atoms with Crippen LogP contribution in [0.15, 0.2) is 24.3 Å². The number of hydrogen-bond acceptors (Lipinski definition) is 3. The molecular weight excluding hydrogens is 226 g/mol. The van der Waals surface area contributed by atoms with Crippen LogP contribution in [0.5, 0.6) is 5.75 Å². The average molecular weight is 251 g/mol. The van der Waals surface area contributed by atoms with Gasteiger partial charge in [0.05, 0.1) is 6.61 Å². The van der Waals surface area contributed by atoms with Crippen LogP contribution in [0.2, 0.25) is 0 Å². The topological polar surface area (TPSA) is 44.5 Å². The van der Waals surface area contributed by atoms with Crippen molar-refractivity contribution in [3.8, 4) is 5.75 Å². The van der Waals surface area contributed by atoms with Crippen LogP contribution in [-0.4, -0.2) is 20.3 Å². The molecule has 1 rings (SSSR count). The normalized spacial score (nSPS) is 14.2. The van der Waals surface area contributed by atoms with Crippen LogP contribution >= 0.6 is 0 Å². The fourth-order valence-corrected chi connectivity index (χ4v) is 1.88. The maximum atomic E-state index is 6.27. The van der Waals surface area contributed by atoms with E-state index in [2.05, 4.69) is 19.9 Å². The van der Waals surface area contributed by atoms with Gasteiger partial charge in [-0.3, -0.25) is 0 Å². The third kappa shape index (κ3) is 4.67. The molecular formula is C15H25NO2. The maximum absolute atomic E-state index is 6.27. The lowest BCUT2D eigenvalue weighted by molar-refractivity contribution is 0.145. The van der Waals surface area contributed by atoms with Gasteiger partial charge in [-0.1, -0.05) is 38.5 Å². The molecule has 0 amide bonds. The molecule has 3 heteroatoms. The van der Waals surface area contributed by atoms with Crippen LogP contribution in [0.4, 0.5) is 0 Å². The van der Waals surface area contributed by atoms with E-state index in [1.807, 2.05) is 18.2 Å². The van der Waals surface area contributed by atoms with E-state index in [0.29, 0.717) is 19.1 Å². The van der Waals surface area contributed by atoms with Crippen LogP contribution in [0, 0.1) is 5.92 Å². The number of rotatable bonds is 8. The Hall–Kier alpha value is -1.06. The van der Waals surface area contributed by atoms with Crippen LogP contribution in [0.25, 0.3) is 0 Å². The molecule has 0 saturated heterocycles. The van der Waals surface area contributed by atoms with Crippen LogP contribution in [0.1, 0.15) is 38.3 Å². The second kappa shape index (κ2) is 8.11. The van der Waals surface area contributed by atoms with Gasteiger partial charge in [0.1, 0.15) is 12.4 Å². The smallest absolute Gasteiger partial charge is 0.124 e. The predicted octanol–water partition coefficient (Wildman–Crippen LogP) is 3.15. The molecule has 2 N–H and O–H groups in total. The van der Waals surface area contributed by atoms with Gasteiger partial charge >= 0.3 is 0 Å². The first-order valence-electron chi connectivity index (χ1n) is 6.65. The van der Waals surface area contributed by atoms with Crippen LogP contribution in [-0.2, 0) is 4.74 Å². The van der Waals surface area contributed by atoms with Crippen molar-refractivity contribution in [2.75, 3.05) is 20.3 Å². The standard InChI is InChI=1S/C15H25NO2/c1-4-12(2)11-14(16)13-7-5-6-8-15(13)18-10-9-17-3/h5-8,12,14H,4,9-11,16H2,1-3H3. The van der Waals surface area contributed by atoms with Gasteiger partial charge in [-0.25, -0.2) is 0 Å². The molecule has 0 aliphatic carbocycles. The molecule has 18 heavy (non-hydrogen) atoms. The highest BCUT2D eigenvalue weighted by Gasteiger charge is 2.14. The number of nitrogens with two attached hydrogens (primary N) is 1. The van der Waals surface area contributed by atoms with Crippen molar-refractivity contribution >= 4 is 0 Å². The second-order valence-corrected chi connectivity index (χ2v) is 4.73. The third-order valence-electron chi connectivity index (χ3n) is 3.22. The van der Waals surface area contributed by atoms with Crippen molar-refractivity contribution < 1.29 is 9.47 Å². The number of ether oxygens (including phenoxy) is 2. The first-order valence-corrected chi connectivity index (χ1v) is 6.65. The van der Waals surface area contributed by atoms with Crippen molar-refractivity contribution in [2.24, 2.45) is 11.7 Å². The molecule has 1 aromatic rings. The Balaban J connectivity index is 2.68. The van der Waals surface area contributed by atoms with Gasteiger partial charge in [-0.05, 0) is 18.4 Å². The summed E-state index contributed by atoms with van der Waals surface area (Å²) in [4.78, 5) is 0. The van der Waals surface area contributed by atoms with E-state index in [4.69, 9.17) is 15.2 Å². The molecule has 0 spiro atoms. The molecule has 1 aromatic carbocycles. The highest BCUT2D eigenvalue weighted by molar-refractivity contribution is 5.35. The van der Waals surface area contributed by atoms with E-state index in [9.17, 15) is 0 Å². The van der Waals surface area contributed by atoms with Crippen molar-refractivity contribution in [1.82, 2.24) is 0 Å². The highest BCUT2D eigenvalue weighted by Crippen LogP contribution is 2.28. The van der Waals surface area contributed by atoms with E-state index in [1.165, 1.54) is 0 Å². The summed E-state index contributed by atoms with van der Waals surface area (Å²) in [7, 11) is 1.67. The zero-order valence-corrected chi connectivity index (χ0v) is 11.7. The van der Waals surface area contributed by atoms with Gasteiger partial charge in [-0.15, -0.1) is 0 Å². The highest BCUT2D eigenvalue weighted by atomic mass is 16.5. The maximum Gasteiger partial charge on any atom is 0.124 e. The van der Waals surface area contributed by atoms with E-state index >= 15 is 0 Å². The summed E-state index contributed by atoms with van der Waals surface area (Å²) in [5.74, 6) is 1.51. The SMILES string of the molecule is CCC(C)CC(N)c1ccccc1OCCOC. The summed E-state index contributed by atoms with van der Waals surface area (Å²) in [6, 6.07) is 8.05. The van der Waals surface area contributed by atoms with Gasteiger partial charge in [0, 0.05) is 18.7 Å². The lowest BCUT2D eigenvalue weighted by atomic mass is 9.94. The van der Waals surface area contributed by atoms with Crippen molar-refractivity contribution in [3.63, 3.8) is 0 Å². The zero-order chi connectivity index (χ0) is 13.4. The quantitative estimate of drug-likeness (QED) is 0.722. The molecule has 0 bridgehead atoms. The van der Waals surface area contributed by atoms with Gasteiger partial charge < -0.3 is 15.2 Å². The number of hydrogen-bond donors (Lipinski definition) is 1. The van der Waals surface area contributed by atoms with Gasteiger partial charge in [-0.2, -0.15) is 0 Å².